The Bertz CT molecular complexity index is 477. The smallest absolute Gasteiger partial charge is 0.335 e. The van der Waals surface area contributed by atoms with E-state index in [9.17, 15) is 9.59 Å². The van der Waals surface area contributed by atoms with Gasteiger partial charge in [-0.2, -0.15) is 0 Å². The summed E-state index contributed by atoms with van der Waals surface area (Å²) in [7, 11) is 0. The van der Waals surface area contributed by atoms with E-state index in [2.05, 4.69) is 0 Å². The fraction of sp³-hybridized carbons (Fsp3) is 0.467. The first kappa shape index (κ1) is 12.8. The number of benzene rings is 1. The third-order valence-electron chi connectivity index (χ3n) is 3.70. The lowest BCUT2D eigenvalue weighted by atomic mass is 9.82. The summed E-state index contributed by atoms with van der Waals surface area (Å²) in [5.41, 5.74) is 2.16. The quantitative estimate of drug-likeness (QED) is 0.891. The summed E-state index contributed by atoms with van der Waals surface area (Å²) in [6.45, 7) is 1.94. The minimum absolute atomic E-state index is 0.0214. The van der Waals surface area contributed by atoms with Crippen LogP contribution in [0.2, 0.25) is 0 Å². The average Bonchev–Trinajstić information content (AvgIpc) is 2.38. The average molecular weight is 246 g/mol. The van der Waals surface area contributed by atoms with Gasteiger partial charge in [0.15, 0.2) is 0 Å². The van der Waals surface area contributed by atoms with Crippen molar-refractivity contribution >= 4 is 11.8 Å². The van der Waals surface area contributed by atoms with Gasteiger partial charge in [-0.1, -0.05) is 25.5 Å². The van der Waals surface area contributed by atoms with E-state index >= 15 is 0 Å². The molecule has 0 bridgehead atoms. The van der Waals surface area contributed by atoms with Crippen molar-refractivity contribution in [2.45, 2.75) is 44.9 Å². The van der Waals surface area contributed by atoms with Crippen LogP contribution in [-0.4, -0.2) is 16.9 Å². The zero-order chi connectivity index (χ0) is 13.1. The van der Waals surface area contributed by atoms with Gasteiger partial charge in [0.05, 0.1) is 5.56 Å². The number of carbonyl (C=O) groups is 2. The van der Waals surface area contributed by atoms with Gasteiger partial charge in [-0.25, -0.2) is 4.79 Å². The van der Waals surface area contributed by atoms with Gasteiger partial charge in [-0.15, -0.1) is 0 Å². The second-order valence-electron chi connectivity index (χ2n) is 4.84. The summed E-state index contributed by atoms with van der Waals surface area (Å²) in [5, 5.41) is 9.08. The predicted molar refractivity (Wildman–Crippen MR) is 69.0 cm³/mol. The molecule has 1 atom stereocenters. The highest BCUT2D eigenvalue weighted by atomic mass is 16.4. The SMILES string of the molecule is CCc1cc(C2CCCCC2=O)ccc1C(=O)O. The van der Waals surface area contributed by atoms with E-state index in [-0.39, 0.29) is 5.92 Å². The highest BCUT2D eigenvalue weighted by Gasteiger charge is 2.24. The normalized spacial score (nSPS) is 19.8. The Morgan fingerprint density at radius 1 is 1.39 bits per heavy atom. The van der Waals surface area contributed by atoms with Crippen LogP contribution in [0.25, 0.3) is 0 Å². The lowest BCUT2D eigenvalue weighted by Crippen LogP contribution is -2.17. The van der Waals surface area contributed by atoms with Crippen molar-refractivity contribution in [2.24, 2.45) is 0 Å². The number of carboxylic acids is 1. The minimum atomic E-state index is -0.895. The number of aryl methyl sites for hydroxylation is 1. The largest absolute Gasteiger partial charge is 0.478 e. The Morgan fingerprint density at radius 3 is 2.78 bits per heavy atom. The molecular formula is C15H18O3. The molecule has 1 aromatic rings. The molecule has 3 nitrogen and oxygen atoms in total. The lowest BCUT2D eigenvalue weighted by Gasteiger charge is -2.21. The second-order valence-corrected chi connectivity index (χ2v) is 4.84. The fourth-order valence-electron chi connectivity index (χ4n) is 2.67. The van der Waals surface area contributed by atoms with Gasteiger partial charge in [0, 0.05) is 12.3 Å². The van der Waals surface area contributed by atoms with Gasteiger partial charge in [0.2, 0.25) is 0 Å². The number of carboxylic acid groups (broad SMARTS) is 1. The van der Waals surface area contributed by atoms with Gasteiger partial charge in [-0.05, 0) is 36.5 Å². The third-order valence-corrected chi connectivity index (χ3v) is 3.70. The van der Waals surface area contributed by atoms with Crippen LogP contribution < -0.4 is 0 Å². The van der Waals surface area contributed by atoms with Crippen LogP contribution >= 0.6 is 0 Å². The number of rotatable bonds is 3. The first-order valence-electron chi connectivity index (χ1n) is 6.52. The van der Waals surface area contributed by atoms with E-state index < -0.39 is 5.97 Å². The maximum absolute atomic E-state index is 11.9. The summed E-state index contributed by atoms with van der Waals surface area (Å²) < 4.78 is 0. The molecule has 1 aliphatic carbocycles. The molecule has 1 saturated carbocycles. The highest BCUT2D eigenvalue weighted by Crippen LogP contribution is 2.31. The monoisotopic (exact) mass is 246 g/mol. The molecule has 2 rings (SSSR count). The topological polar surface area (TPSA) is 54.4 Å². The van der Waals surface area contributed by atoms with Crippen molar-refractivity contribution in [3.63, 3.8) is 0 Å². The number of carbonyl (C=O) groups excluding carboxylic acids is 1. The molecule has 1 fully saturated rings. The van der Waals surface area contributed by atoms with Crippen LogP contribution in [0.5, 0.6) is 0 Å². The summed E-state index contributed by atoms with van der Waals surface area (Å²) in [5.74, 6) is -0.619. The lowest BCUT2D eigenvalue weighted by molar-refractivity contribution is -0.121. The Morgan fingerprint density at radius 2 is 2.17 bits per heavy atom. The second kappa shape index (κ2) is 5.34. The molecule has 1 aromatic carbocycles. The molecule has 0 heterocycles. The standard InChI is InChI=1S/C15H18O3/c1-2-10-9-11(7-8-13(10)15(17)18)12-5-3-4-6-14(12)16/h7-9,12H,2-6H2,1H3,(H,17,18). The molecular weight excluding hydrogens is 228 g/mol. The molecule has 96 valence electrons. The Kier molecular flexibility index (Phi) is 3.80. The zero-order valence-electron chi connectivity index (χ0n) is 10.6. The number of aromatic carboxylic acids is 1. The van der Waals surface area contributed by atoms with Crippen molar-refractivity contribution in [3.8, 4) is 0 Å². The zero-order valence-corrected chi connectivity index (χ0v) is 10.6. The van der Waals surface area contributed by atoms with E-state index in [1.165, 1.54) is 0 Å². The molecule has 0 amide bonds. The first-order valence-corrected chi connectivity index (χ1v) is 6.52. The van der Waals surface area contributed by atoms with Crippen LogP contribution in [0.3, 0.4) is 0 Å². The molecule has 0 saturated heterocycles. The molecule has 0 radical (unpaired) electrons. The fourth-order valence-corrected chi connectivity index (χ4v) is 2.67. The van der Waals surface area contributed by atoms with Crippen LogP contribution in [0.15, 0.2) is 18.2 Å². The summed E-state index contributed by atoms with van der Waals surface area (Å²) in [4.78, 5) is 23.0. The number of ketones is 1. The predicted octanol–water partition coefficient (Wildman–Crippen LogP) is 3.17. The van der Waals surface area contributed by atoms with E-state index in [1.807, 2.05) is 13.0 Å². The van der Waals surface area contributed by atoms with Crippen molar-refractivity contribution in [1.29, 1.82) is 0 Å². The Hall–Kier alpha value is -1.64. The molecule has 0 aliphatic heterocycles. The van der Waals surface area contributed by atoms with Gasteiger partial charge in [-0.3, -0.25) is 4.79 Å². The molecule has 3 heteroatoms. The van der Waals surface area contributed by atoms with E-state index in [1.54, 1.807) is 12.1 Å². The van der Waals surface area contributed by atoms with Crippen LogP contribution in [0.4, 0.5) is 0 Å². The molecule has 1 N–H and O–H groups in total. The molecule has 0 aromatic heterocycles. The van der Waals surface area contributed by atoms with Crippen molar-refractivity contribution in [1.82, 2.24) is 0 Å². The summed E-state index contributed by atoms with van der Waals surface area (Å²) in [6.07, 6.45) is 4.30. The van der Waals surface area contributed by atoms with Crippen LogP contribution in [0.1, 0.15) is 60.0 Å². The van der Waals surface area contributed by atoms with Crippen molar-refractivity contribution in [2.75, 3.05) is 0 Å². The van der Waals surface area contributed by atoms with Gasteiger partial charge < -0.3 is 5.11 Å². The molecule has 1 aliphatic rings. The van der Waals surface area contributed by atoms with Crippen molar-refractivity contribution in [3.05, 3.63) is 34.9 Å². The molecule has 1 unspecified atom stereocenters. The van der Waals surface area contributed by atoms with Crippen molar-refractivity contribution < 1.29 is 14.7 Å². The van der Waals surface area contributed by atoms with Gasteiger partial charge in [0.1, 0.15) is 5.78 Å². The number of Topliss-reactive ketones (excluding diaryl/α,β-unsaturated/α-hetero) is 1. The van der Waals surface area contributed by atoms with E-state index in [4.69, 9.17) is 5.11 Å². The maximum atomic E-state index is 11.9. The number of hydrogen-bond donors (Lipinski definition) is 1. The first-order chi connectivity index (χ1) is 8.63. The highest BCUT2D eigenvalue weighted by molar-refractivity contribution is 5.90. The minimum Gasteiger partial charge on any atom is -0.478 e. The number of hydrogen-bond acceptors (Lipinski definition) is 2. The molecule has 18 heavy (non-hydrogen) atoms. The van der Waals surface area contributed by atoms with E-state index in [0.717, 1.165) is 30.4 Å². The van der Waals surface area contributed by atoms with Gasteiger partial charge in [0.25, 0.3) is 0 Å². The third kappa shape index (κ3) is 2.45. The Labute approximate surface area is 107 Å². The van der Waals surface area contributed by atoms with Crippen LogP contribution in [0, 0.1) is 0 Å². The van der Waals surface area contributed by atoms with Gasteiger partial charge >= 0.3 is 5.97 Å². The Balaban J connectivity index is 2.34. The van der Waals surface area contributed by atoms with Crippen LogP contribution in [-0.2, 0) is 11.2 Å². The maximum Gasteiger partial charge on any atom is 0.335 e. The van der Waals surface area contributed by atoms with E-state index in [0.29, 0.717) is 24.2 Å². The summed E-state index contributed by atoms with van der Waals surface area (Å²) >= 11 is 0. The molecule has 0 spiro atoms. The summed E-state index contributed by atoms with van der Waals surface area (Å²) in [6, 6.07) is 5.34.